The second-order valence-electron chi connectivity index (χ2n) is 4.52. The molecule has 0 radical (unpaired) electrons. The van der Waals surface area contributed by atoms with Crippen LogP contribution in [-0.4, -0.2) is 11.7 Å². The van der Waals surface area contributed by atoms with Gasteiger partial charge >= 0.3 is 6.61 Å². The van der Waals surface area contributed by atoms with Gasteiger partial charge in [0.1, 0.15) is 18.1 Å². The topological polar surface area (TPSA) is 38.7 Å². The van der Waals surface area contributed by atoms with Gasteiger partial charge in [0.2, 0.25) is 0 Å². The average Bonchev–Trinajstić information content (AvgIpc) is 2.46. The first-order valence-electron chi connectivity index (χ1n) is 6.50. The molecule has 112 valence electrons. The normalized spacial score (nSPS) is 12.2. The Bertz CT molecular complexity index is 585. The fourth-order valence-electron chi connectivity index (χ4n) is 1.86. The molecule has 0 aliphatic rings. The van der Waals surface area contributed by atoms with Gasteiger partial charge in [-0.05, 0) is 30.7 Å². The highest BCUT2D eigenvalue weighted by Gasteiger charge is 2.10. The number of hydrogen-bond donors (Lipinski definition) is 1. The average molecular weight is 294 g/mol. The number of aliphatic hydroxyl groups is 1. The van der Waals surface area contributed by atoms with Gasteiger partial charge in [-0.1, -0.05) is 30.3 Å². The van der Waals surface area contributed by atoms with Crippen molar-refractivity contribution in [2.45, 2.75) is 26.2 Å². The minimum atomic E-state index is -2.87. The Morgan fingerprint density at radius 1 is 1.10 bits per heavy atom. The Kier molecular flexibility index (Phi) is 5.11. The van der Waals surface area contributed by atoms with Gasteiger partial charge in [-0.2, -0.15) is 8.78 Å². The number of alkyl halides is 2. The van der Waals surface area contributed by atoms with E-state index >= 15 is 0 Å². The zero-order valence-corrected chi connectivity index (χ0v) is 11.5. The van der Waals surface area contributed by atoms with Crippen LogP contribution in [0, 0.1) is 0 Å². The van der Waals surface area contributed by atoms with E-state index in [2.05, 4.69) is 4.74 Å². The Hall–Kier alpha value is -2.14. The first-order chi connectivity index (χ1) is 10.1. The number of hydrogen-bond acceptors (Lipinski definition) is 3. The van der Waals surface area contributed by atoms with Gasteiger partial charge in [0.15, 0.2) is 0 Å². The number of aliphatic hydroxyl groups excluding tert-OH is 1. The van der Waals surface area contributed by atoms with Crippen molar-refractivity contribution in [2.75, 3.05) is 0 Å². The third kappa shape index (κ3) is 4.43. The molecule has 1 atom stereocenters. The van der Waals surface area contributed by atoms with Gasteiger partial charge < -0.3 is 14.6 Å². The lowest BCUT2D eigenvalue weighted by Gasteiger charge is -2.12. The molecular weight excluding hydrogens is 278 g/mol. The van der Waals surface area contributed by atoms with Crippen LogP contribution in [0.5, 0.6) is 11.5 Å². The minimum Gasteiger partial charge on any atom is -0.489 e. The molecule has 21 heavy (non-hydrogen) atoms. The highest BCUT2D eigenvalue weighted by Crippen LogP contribution is 2.24. The van der Waals surface area contributed by atoms with E-state index in [1.807, 2.05) is 0 Å². The number of rotatable bonds is 6. The van der Waals surface area contributed by atoms with E-state index in [1.165, 1.54) is 6.07 Å². The van der Waals surface area contributed by atoms with Crippen molar-refractivity contribution < 1.29 is 23.4 Å². The van der Waals surface area contributed by atoms with E-state index < -0.39 is 12.7 Å². The number of halogens is 2. The Balaban J connectivity index is 2.08. The predicted molar refractivity (Wildman–Crippen MR) is 74.5 cm³/mol. The van der Waals surface area contributed by atoms with Crippen LogP contribution in [0.4, 0.5) is 8.78 Å². The summed E-state index contributed by atoms with van der Waals surface area (Å²) in [6.07, 6.45) is -0.594. The van der Waals surface area contributed by atoms with Crippen molar-refractivity contribution in [2.24, 2.45) is 0 Å². The van der Waals surface area contributed by atoms with Crippen molar-refractivity contribution in [3.8, 4) is 11.5 Å². The molecule has 0 saturated heterocycles. The third-order valence-electron chi connectivity index (χ3n) is 2.92. The van der Waals surface area contributed by atoms with E-state index in [0.717, 1.165) is 5.56 Å². The predicted octanol–water partition coefficient (Wildman–Crippen LogP) is 3.92. The molecule has 0 aromatic heterocycles. The molecule has 2 rings (SSSR count). The molecule has 0 fully saturated rings. The molecule has 3 nitrogen and oxygen atoms in total. The van der Waals surface area contributed by atoms with Crippen molar-refractivity contribution in [1.82, 2.24) is 0 Å². The van der Waals surface area contributed by atoms with Crippen molar-refractivity contribution in [3.05, 3.63) is 59.7 Å². The lowest BCUT2D eigenvalue weighted by molar-refractivity contribution is -0.0508. The standard InChI is InChI=1S/C16H16F2O3/c1-11(19)12-6-4-7-14(9-12)20-10-13-5-2-3-8-15(13)21-16(17)18/h2-9,11,16,19H,10H2,1H3. The first kappa shape index (κ1) is 15.3. The quantitative estimate of drug-likeness (QED) is 0.877. The highest BCUT2D eigenvalue weighted by molar-refractivity contribution is 5.34. The maximum Gasteiger partial charge on any atom is 0.387 e. The molecule has 1 unspecified atom stereocenters. The summed E-state index contributed by atoms with van der Waals surface area (Å²) in [5.41, 5.74) is 1.25. The molecule has 0 aliphatic heterocycles. The van der Waals surface area contributed by atoms with Gasteiger partial charge in [0, 0.05) is 5.56 Å². The second kappa shape index (κ2) is 7.04. The maximum atomic E-state index is 12.3. The first-order valence-corrected chi connectivity index (χ1v) is 6.50. The summed E-state index contributed by atoms with van der Waals surface area (Å²) < 4.78 is 34.6. The molecule has 0 amide bonds. The summed E-state index contributed by atoms with van der Waals surface area (Å²) in [5.74, 6) is 0.652. The van der Waals surface area contributed by atoms with Crippen molar-refractivity contribution >= 4 is 0 Å². The Morgan fingerprint density at radius 2 is 1.86 bits per heavy atom. The van der Waals surface area contributed by atoms with E-state index in [9.17, 15) is 13.9 Å². The van der Waals surface area contributed by atoms with Gasteiger partial charge in [0.05, 0.1) is 6.10 Å². The molecule has 5 heteroatoms. The molecule has 0 heterocycles. The number of para-hydroxylation sites is 1. The Morgan fingerprint density at radius 3 is 2.57 bits per heavy atom. The smallest absolute Gasteiger partial charge is 0.387 e. The summed E-state index contributed by atoms with van der Waals surface area (Å²) in [7, 11) is 0. The highest BCUT2D eigenvalue weighted by atomic mass is 19.3. The van der Waals surface area contributed by atoms with E-state index in [1.54, 1.807) is 49.4 Å². The molecule has 2 aromatic rings. The zero-order chi connectivity index (χ0) is 15.2. The summed E-state index contributed by atoms with van der Waals surface area (Å²) in [5, 5.41) is 9.52. The van der Waals surface area contributed by atoms with Crippen LogP contribution in [0.1, 0.15) is 24.2 Å². The molecule has 0 spiro atoms. The largest absolute Gasteiger partial charge is 0.489 e. The summed E-state index contributed by atoms with van der Waals surface area (Å²) in [4.78, 5) is 0. The van der Waals surface area contributed by atoms with Crippen LogP contribution in [0.15, 0.2) is 48.5 Å². The maximum absolute atomic E-state index is 12.3. The number of ether oxygens (including phenoxy) is 2. The fourth-order valence-corrected chi connectivity index (χ4v) is 1.86. The van der Waals surface area contributed by atoms with Crippen LogP contribution in [-0.2, 0) is 6.61 Å². The van der Waals surface area contributed by atoms with Crippen LogP contribution >= 0.6 is 0 Å². The lowest BCUT2D eigenvalue weighted by atomic mass is 10.1. The van der Waals surface area contributed by atoms with Crippen LogP contribution in [0.2, 0.25) is 0 Å². The van der Waals surface area contributed by atoms with Crippen molar-refractivity contribution in [1.29, 1.82) is 0 Å². The molecule has 0 bridgehead atoms. The minimum absolute atomic E-state index is 0.0965. The lowest BCUT2D eigenvalue weighted by Crippen LogP contribution is -2.06. The molecule has 1 N–H and O–H groups in total. The third-order valence-corrected chi connectivity index (χ3v) is 2.92. The second-order valence-corrected chi connectivity index (χ2v) is 4.52. The Labute approximate surface area is 121 Å². The summed E-state index contributed by atoms with van der Waals surface area (Å²) >= 11 is 0. The number of benzene rings is 2. The molecule has 2 aromatic carbocycles. The SMILES string of the molecule is CC(O)c1cccc(OCc2ccccc2OC(F)F)c1. The van der Waals surface area contributed by atoms with E-state index in [-0.39, 0.29) is 12.4 Å². The molecule has 0 saturated carbocycles. The fraction of sp³-hybridized carbons (Fsp3) is 0.250. The summed E-state index contributed by atoms with van der Waals surface area (Å²) in [6, 6.07) is 13.5. The molecule has 0 aliphatic carbocycles. The van der Waals surface area contributed by atoms with Gasteiger partial charge in [-0.25, -0.2) is 0 Å². The van der Waals surface area contributed by atoms with Crippen LogP contribution < -0.4 is 9.47 Å². The van der Waals surface area contributed by atoms with Crippen molar-refractivity contribution in [3.63, 3.8) is 0 Å². The van der Waals surface area contributed by atoms with E-state index in [4.69, 9.17) is 4.74 Å². The van der Waals surface area contributed by atoms with E-state index in [0.29, 0.717) is 11.3 Å². The van der Waals surface area contributed by atoms with Gasteiger partial charge in [-0.15, -0.1) is 0 Å². The molecular formula is C16H16F2O3. The van der Waals surface area contributed by atoms with Gasteiger partial charge in [0.25, 0.3) is 0 Å². The zero-order valence-electron chi connectivity index (χ0n) is 11.5. The van der Waals surface area contributed by atoms with Gasteiger partial charge in [-0.3, -0.25) is 0 Å². The van der Waals surface area contributed by atoms with Crippen LogP contribution in [0.3, 0.4) is 0 Å². The van der Waals surface area contributed by atoms with Crippen LogP contribution in [0.25, 0.3) is 0 Å². The summed E-state index contributed by atoms with van der Waals surface area (Å²) in [6.45, 7) is -1.11. The monoisotopic (exact) mass is 294 g/mol.